The predicted molar refractivity (Wildman–Crippen MR) is 113 cm³/mol. The number of likely N-dealkylation sites (tertiary alicyclic amines) is 1. The Kier molecular flexibility index (Phi) is 5.90. The summed E-state index contributed by atoms with van der Waals surface area (Å²) in [5.41, 5.74) is 0.750. The smallest absolute Gasteiger partial charge is 0.231 e. The van der Waals surface area contributed by atoms with Crippen molar-refractivity contribution in [1.29, 1.82) is 0 Å². The van der Waals surface area contributed by atoms with E-state index in [1.165, 1.54) is 25.7 Å². The van der Waals surface area contributed by atoms with Crippen molar-refractivity contribution in [3.63, 3.8) is 0 Å². The largest absolute Gasteiger partial charge is 0.454 e. The number of thiocarbonyl (C=S) groups is 1. The Bertz CT molecular complexity index is 734. The summed E-state index contributed by atoms with van der Waals surface area (Å²) < 4.78 is 10.7. The van der Waals surface area contributed by atoms with Crippen LogP contribution >= 0.6 is 12.2 Å². The number of piperidine rings is 1. The maximum absolute atomic E-state index is 12.7. The molecule has 3 aliphatic rings. The van der Waals surface area contributed by atoms with Crippen LogP contribution in [-0.2, 0) is 4.79 Å². The van der Waals surface area contributed by atoms with Gasteiger partial charge in [0.25, 0.3) is 0 Å². The summed E-state index contributed by atoms with van der Waals surface area (Å²) in [6, 6.07) is 6.00. The van der Waals surface area contributed by atoms with Crippen molar-refractivity contribution in [3.8, 4) is 11.5 Å². The van der Waals surface area contributed by atoms with Gasteiger partial charge in [0.1, 0.15) is 0 Å². The van der Waals surface area contributed by atoms with Gasteiger partial charge in [-0.1, -0.05) is 19.8 Å². The molecule has 1 aromatic carbocycles. The van der Waals surface area contributed by atoms with Gasteiger partial charge in [0, 0.05) is 36.8 Å². The number of nitrogens with zero attached hydrogens (tertiary/aromatic N) is 1. The minimum Gasteiger partial charge on any atom is -0.454 e. The van der Waals surface area contributed by atoms with Gasteiger partial charge < -0.3 is 25.0 Å². The summed E-state index contributed by atoms with van der Waals surface area (Å²) in [5, 5.41) is 7.45. The van der Waals surface area contributed by atoms with Crippen LogP contribution in [0.25, 0.3) is 0 Å². The molecule has 1 aromatic rings. The van der Waals surface area contributed by atoms with Gasteiger partial charge in [0.05, 0.1) is 0 Å². The standard InChI is InChI=1S/C21H29N3O3S/c1-14-4-2-3-5-17(14)23-21(28)24-10-8-15(9-11-24)20(25)22-16-6-7-18-19(12-16)27-13-26-18/h6-7,12,14-15,17H,2-5,8-11,13H2,1H3,(H,22,25)(H,23,28)/t14-,17+/m1/s1. The summed E-state index contributed by atoms with van der Waals surface area (Å²) >= 11 is 5.65. The van der Waals surface area contributed by atoms with Crippen LogP contribution in [0.2, 0.25) is 0 Å². The Labute approximate surface area is 171 Å². The van der Waals surface area contributed by atoms with Gasteiger partial charge in [-0.2, -0.15) is 0 Å². The van der Waals surface area contributed by atoms with Crippen molar-refractivity contribution in [2.75, 3.05) is 25.2 Å². The maximum Gasteiger partial charge on any atom is 0.231 e. The number of rotatable bonds is 3. The number of nitrogens with one attached hydrogen (secondary N) is 2. The van der Waals surface area contributed by atoms with Crippen LogP contribution in [0.1, 0.15) is 45.4 Å². The second kappa shape index (κ2) is 8.55. The summed E-state index contributed by atoms with van der Waals surface area (Å²) in [6.07, 6.45) is 6.73. The van der Waals surface area contributed by atoms with E-state index in [0.717, 1.165) is 42.5 Å². The minimum atomic E-state index is 0.0121. The number of carbonyl (C=O) groups excluding carboxylic acids is 1. The van der Waals surface area contributed by atoms with E-state index in [2.05, 4.69) is 22.5 Å². The van der Waals surface area contributed by atoms with Crippen molar-refractivity contribution >= 4 is 28.9 Å². The quantitative estimate of drug-likeness (QED) is 0.753. The molecular formula is C21H29N3O3S. The number of carbonyl (C=O) groups is 1. The third-order valence-corrected chi connectivity index (χ3v) is 6.59. The topological polar surface area (TPSA) is 62.8 Å². The number of hydrogen-bond acceptors (Lipinski definition) is 4. The minimum absolute atomic E-state index is 0.0121. The highest BCUT2D eigenvalue weighted by Gasteiger charge is 2.28. The Morgan fingerprint density at radius 1 is 1.11 bits per heavy atom. The summed E-state index contributed by atoms with van der Waals surface area (Å²) in [6.45, 7) is 4.20. The van der Waals surface area contributed by atoms with Gasteiger partial charge in [-0.15, -0.1) is 0 Å². The molecule has 1 saturated carbocycles. The first-order chi connectivity index (χ1) is 13.6. The van der Waals surface area contributed by atoms with Gasteiger partial charge >= 0.3 is 0 Å². The third kappa shape index (κ3) is 4.35. The normalized spacial score (nSPS) is 24.7. The van der Waals surface area contributed by atoms with Gasteiger partial charge in [0.15, 0.2) is 16.6 Å². The zero-order chi connectivity index (χ0) is 19.5. The van der Waals surface area contributed by atoms with E-state index in [4.69, 9.17) is 21.7 Å². The first kappa shape index (κ1) is 19.3. The average Bonchev–Trinajstić information content (AvgIpc) is 3.17. The molecule has 2 N–H and O–H groups in total. The Balaban J connectivity index is 1.25. The van der Waals surface area contributed by atoms with E-state index in [9.17, 15) is 4.79 Å². The van der Waals surface area contributed by atoms with Gasteiger partial charge in [-0.05, 0) is 56.0 Å². The number of anilines is 1. The molecule has 7 heteroatoms. The highest BCUT2D eigenvalue weighted by atomic mass is 32.1. The SMILES string of the molecule is C[C@@H]1CCCC[C@@H]1NC(=S)N1CCC(C(=O)Nc2ccc3c(c2)OCO3)CC1. The number of hydrogen-bond donors (Lipinski definition) is 2. The first-order valence-corrected chi connectivity index (χ1v) is 10.8. The molecule has 0 bridgehead atoms. The van der Waals surface area contributed by atoms with Crippen LogP contribution in [0.3, 0.4) is 0 Å². The van der Waals surface area contributed by atoms with Crippen molar-refractivity contribution in [2.45, 2.75) is 51.5 Å². The molecule has 1 aliphatic carbocycles. The molecule has 0 radical (unpaired) electrons. The second-order valence-corrected chi connectivity index (χ2v) is 8.52. The molecule has 1 amide bonds. The number of ether oxygens (including phenoxy) is 2. The monoisotopic (exact) mass is 403 g/mol. The van der Waals surface area contributed by atoms with Crippen molar-refractivity contribution in [2.24, 2.45) is 11.8 Å². The van der Waals surface area contributed by atoms with E-state index in [-0.39, 0.29) is 18.6 Å². The second-order valence-electron chi connectivity index (χ2n) is 8.14. The fraction of sp³-hybridized carbons (Fsp3) is 0.619. The van der Waals surface area contributed by atoms with Crippen molar-refractivity contribution in [1.82, 2.24) is 10.2 Å². The maximum atomic E-state index is 12.7. The molecule has 2 aliphatic heterocycles. The molecular weight excluding hydrogens is 374 g/mol. The Hall–Kier alpha value is -2.02. The van der Waals surface area contributed by atoms with Crippen LogP contribution in [0.5, 0.6) is 11.5 Å². The predicted octanol–water partition coefficient (Wildman–Crippen LogP) is 3.52. The van der Waals surface area contributed by atoms with Crippen LogP contribution < -0.4 is 20.1 Å². The molecule has 4 rings (SSSR count). The molecule has 1 saturated heterocycles. The fourth-order valence-electron chi connectivity index (χ4n) is 4.34. The zero-order valence-electron chi connectivity index (χ0n) is 16.4. The fourth-order valence-corrected chi connectivity index (χ4v) is 4.68. The lowest BCUT2D eigenvalue weighted by molar-refractivity contribution is -0.121. The molecule has 28 heavy (non-hydrogen) atoms. The summed E-state index contributed by atoms with van der Waals surface area (Å²) in [7, 11) is 0. The van der Waals surface area contributed by atoms with E-state index < -0.39 is 0 Å². The lowest BCUT2D eigenvalue weighted by atomic mass is 9.86. The van der Waals surface area contributed by atoms with Crippen LogP contribution in [0, 0.1) is 11.8 Å². The van der Waals surface area contributed by atoms with Gasteiger partial charge in [-0.3, -0.25) is 4.79 Å². The average molecular weight is 404 g/mol. The molecule has 0 unspecified atom stereocenters. The number of fused-ring (bicyclic) bond motifs is 1. The highest BCUT2D eigenvalue weighted by molar-refractivity contribution is 7.80. The van der Waals surface area contributed by atoms with E-state index in [1.54, 1.807) is 0 Å². The van der Waals surface area contributed by atoms with Crippen molar-refractivity contribution < 1.29 is 14.3 Å². The zero-order valence-corrected chi connectivity index (χ0v) is 17.2. The van der Waals surface area contributed by atoms with Gasteiger partial charge in [-0.25, -0.2) is 0 Å². The molecule has 6 nitrogen and oxygen atoms in total. The lowest BCUT2D eigenvalue weighted by Crippen LogP contribution is -2.50. The summed E-state index contributed by atoms with van der Waals surface area (Å²) in [5.74, 6) is 2.16. The van der Waals surface area contributed by atoms with Crippen LogP contribution in [-0.4, -0.2) is 41.8 Å². The molecule has 2 fully saturated rings. The highest BCUT2D eigenvalue weighted by Crippen LogP contribution is 2.34. The van der Waals surface area contributed by atoms with Crippen molar-refractivity contribution in [3.05, 3.63) is 18.2 Å². The number of amides is 1. The van der Waals surface area contributed by atoms with Crippen LogP contribution in [0.4, 0.5) is 5.69 Å². The van der Waals surface area contributed by atoms with Gasteiger partial charge in [0.2, 0.25) is 12.7 Å². The molecule has 2 atom stereocenters. The van der Waals surface area contributed by atoms with E-state index >= 15 is 0 Å². The number of benzene rings is 1. The van der Waals surface area contributed by atoms with E-state index in [1.807, 2.05) is 18.2 Å². The Morgan fingerprint density at radius 2 is 1.86 bits per heavy atom. The van der Waals surface area contributed by atoms with Crippen LogP contribution in [0.15, 0.2) is 18.2 Å². The lowest BCUT2D eigenvalue weighted by Gasteiger charge is -2.37. The first-order valence-electron chi connectivity index (χ1n) is 10.4. The van der Waals surface area contributed by atoms with E-state index in [0.29, 0.717) is 17.7 Å². The third-order valence-electron chi connectivity index (χ3n) is 6.21. The Morgan fingerprint density at radius 3 is 2.64 bits per heavy atom. The summed E-state index contributed by atoms with van der Waals surface area (Å²) in [4.78, 5) is 14.9. The molecule has 2 heterocycles. The molecule has 0 aromatic heterocycles. The molecule has 0 spiro atoms. The molecule has 152 valence electrons.